The number of carbonyl (C=O) groups excluding carboxylic acids is 1. The lowest BCUT2D eigenvalue weighted by molar-refractivity contribution is 0.0996. The molecule has 0 unspecified atom stereocenters. The predicted octanol–water partition coefficient (Wildman–Crippen LogP) is 5.28. The van der Waals surface area contributed by atoms with E-state index in [0.29, 0.717) is 83.9 Å². The zero-order valence-corrected chi connectivity index (χ0v) is 24.9. The molecule has 1 aromatic heterocycles. The number of hydrogen-bond acceptors (Lipinski definition) is 8. The number of benzene rings is 2. The average Bonchev–Trinajstić information content (AvgIpc) is 3.65. The first kappa shape index (κ1) is 28.7. The fraction of sp³-hybridized carbons (Fsp3) is 0.515. The van der Waals surface area contributed by atoms with Gasteiger partial charge in [0.05, 0.1) is 29.5 Å². The molecule has 0 saturated carbocycles. The normalized spacial score (nSPS) is 23.8. The van der Waals surface area contributed by atoms with E-state index in [-0.39, 0.29) is 42.2 Å². The van der Waals surface area contributed by atoms with Gasteiger partial charge >= 0.3 is 6.01 Å². The summed E-state index contributed by atoms with van der Waals surface area (Å²) in [4.78, 5) is 29.5. The molecule has 2 atom stereocenters. The van der Waals surface area contributed by atoms with Crippen LogP contribution in [0.5, 0.6) is 11.8 Å². The zero-order chi connectivity index (χ0) is 30.6. The summed E-state index contributed by atoms with van der Waals surface area (Å²) in [6.07, 6.45) is 3.88. The summed E-state index contributed by atoms with van der Waals surface area (Å²) in [6, 6.07) is 8.49. The largest absolute Gasteiger partial charge is 0.508 e. The van der Waals surface area contributed by atoms with Crippen molar-refractivity contribution in [3.8, 4) is 17.8 Å². The van der Waals surface area contributed by atoms with Gasteiger partial charge in [0.25, 0.3) is 5.91 Å². The number of aromatic nitrogens is 2. The van der Waals surface area contributed by atoms with E-state index in [1.165, 1.54) is 17.0 Å². The Morgan fingerprint density at radius 1 is 1.20 bits per heavy atom. The van der Waals surface area contributed by atoms with Crippen LogP contribution in [0.1, 0.15) is 67.1 Å². The lowest BCUT2D eigenvalue weighted by Gasteiger charge is -2.33. The van der Waals surface area contributed by atoms with Crippen LogP contribution in [0.3, 0.4) is 0 Å². The summed E-state index contributed by atoms with van der Waals surface area (Å²) in [6.45, 7) is 4.75. The van der Waals surface area contributed by atoms with E-state index in [9.17, 15) is 23.9 Å². The third-order valence-corrected chi connectivity index (χ3v) is 10.0. The first-order valence-corrected chi connectivity index (χ1v) is 15.6. The van der Waals surface area contributed by atoms with Crippen LogP contribution in [-0.4, -0.2) is 70.4 Å². The summed E-state index contributed by atoms with van der Waals surface area (Å²) in [7, 11) is 0. The molecule has 3 fully saturated rings. The number of fused-ring (bicyclic) bond motifs is 3. The van der Waals surface area contributed by atoms with Gasteiger partial charge in [-0.25, -0.2) is 8.78 Å². The number of halogens is 2. The maximum Gasteiger partial charge on any atom is 0.318 e. The molecule has 2 aromatic carbocycles. The van der Waals surface area contributed by atoms with Gasteiger partial charge in [0, 0.05) is 43.9 Å². The van der Waals surface area contributed by atoms with Gasteiger partial charge in [0.1, 0.15) is 35.7 Å². The number of phenols is 1. The number of ether oxygens (including phenoxy) is 1. The van der Waals surface area contributed by atoms with Gasteiger partial charge in [-0.2, -0.15) is 15.2 Å². The highest BCUT2D eigenvalue weighted by molar-refractivity contribution is 6.16. The Hall–Kier alpha value is -4.04. The van der Waals surface area contributed by atoms with Crippen molar-refractivity contribution in [3.05, 3.63) is 46.9 Å². The van der Waals surface area contributed by atoms with Crippen LogP contribution >= 0.6 is 0 Å². The van der Waals surface area contributed by atoms with Gasteiger partial charge in [0.15, 0.2) is 0 Å². The van der Waals surface area contributed by atoms with Crippen LogP contribution in [0.4, 0.5) is 20.3 Å². The average molecular weight is 603 g/mol. The lowest BCUT2D eigenvalue weighted by atomic mass is 9.94. The lowest BCUT2D eigenvalue weighted by Crippen LogP contribution is -2.43. The van der Waals surface area contributed by atoms with Gasteiger partial charge in [0.2, 0.25) is 0 Å². The first-order valence-electron chi connectivity index (χ1n) is 15.6. The first-order chi connectivity index (χ1) is 21.3. The molecule has 0 bridgehead atoms. The fourth-order valence-corrected chi connectivity index (χ4v) is 7.81. The second-order valence-electron chi connectivity index (χ2n) is 12.6. The van der Waals surface area contributed by atoms with E-state index < -0.39 is 6.17 Å². The summed E-state index contributed by atoms with van der Waals surface area (Å²) in [5, 5.41) is 21.0. The van der Waals surface area contributed by atoms with Gasteiger partial charge < -0.3 is 19.6 Å². The molecule has 0 aliphatic carbocycles. The molecule has 3 saturated heterocycles. The number of piperidine rings is 1. The molecule has 0 spiro atoms. The van der Waals surface area contributed by atoms with Crippen LogP contribution in [0.25, 0.3) is 10.8 Å². The number of alkyl halides is 1. The van der Waals surface area contributed by atoms with E-state index >= 15 is 0 Å². The highest BCUT2D eigenvalue weighted by Crippen LogP contribution is 2.43. The number of rotatable bonds is 7. The minimum absolute atomic E-state index is 0.0251. The van der Waals surface area contributed by atoms with Gasteiger partial charge in [-0.1, -0.05) is 13.0 Å². The molecule has 9 nitrogen and oxygen atoms in total. The summed E-state index contributed by atoms with van der Waals surface area (Å²) >= 11 is 0. The Morgan fingerprint density at radius 2 is 2.02 bits per heavy atom. The summed E-state index contributed by atoms with van der Waals surface area (Å²) in [5.41, 5.74) is 1.38. The van der Waals surface area contributed by atoms with Gasteiger partial charge in [-0.3, -0.25) is 9.69 Å². The molecule has 44 heavy (non-hydrogen) atoms. The summed E-state index contributed by atoms with van der Waals surface area (Å²) in [5.74, 6) is 0.0575. The molecule has 3 aromatic rings. The van der Waals surface area contributed by atoms with Crippen molar-refractivity contribution >= 4 is 28.2 Å². The second kappa shape index (κ2) is 11.1. The number of amides is 1. The number of hydrogen-bond donors (Lipinski definition) is 1. The molecular weight excluding hydrogens is 566 g/mol. The molecule has 5 heterocycles. The Morgan fingerprint density at radius 3 is 2.80 bits per heavy atom. The van der Waals surface area contributed by atoms with Gasteiger partial charge in [-0.05, 0) is 67.6 Å². The van der Waals surface area contributed by atoms with Crippen LogP contribution in [0, 0.1) is 23.1 Å². The Bertz CT molecular complexity index is 1670. The third kappa shape index (κ3) is 4.80. The molecule has 1 amide bonds. The molecule has 0 radical (unpaired) electrons. The van der Waals surface area contributed by atoms with Crippen molar-refractivity contribution in [2.75, 3.05) is 42.6 Å². The molecular formula is C33H36F2N6O3. The van der Waals surface area contributed by atoms with Crippen LogP contribution in [0.15, 0.2) is 24.3 Å². The fourth-order valence-electron chi connectivity index (χ4n) is 7.81. The van der Waals surface area contributed by atoms with Crippen LogP contribution < -0.4 is 14.5 Å². The zero-order valence-electron chi connectivity index (χ0n) is 24.9. The molecule has 1 N–H and O–H groups in total. The number of nitrogens with zero attached hydrogens (tertiary/aromatic N) is 6. The van der Waals surface area contributed by atoms with Crippen molar-refractivity contribution in [1.82, 2.24) is 14.9 Å². The van der Waals surface area contributed by atoms with E-state index in [4.69, 9.17) is 14.7 Å². The monoisotopic (exact) mass is 602 g/mol. The maximum atomic E-state index is 15.0. The SMILES string of the molecule is CCc1c(F)ccc2cc(O)cc(N3Cc4nc(OC[C@@]56CCCN5C[C@H](F)C6)nc(N5CCC(CC#N)CC5)c4C3=O)c12. The Labute approximate surface area is 255 Å². The van der Waals surface area contributed by atoms with E-state index in [0.717, 1.165) is 32.2 Å². The van der Waals surface area contributed by atoms with E-state index in [2.05, 4.69) is 15.9 Å². The standard InChI is InChI=1S/C33H36F2N6O3/c1-2-24-25(35)5-4-21-14-23(42)15-27(28(21)24)41-18-26-29(31(41)43)30(39-12-7-20(6-10-36)8-13-39)38-32(37-26)44-19-33-9-3-11-40(33)17-22(34)16-33/h4-5,14-15,20,22,42H,2-3,6-9,11-13,16-19H2,1H3/t22-,33+/m1/s1. The van der Waals surface area contributed by atoms with E-state index in [1.54, 1.807) is 12.1 Å². The van der Waals surface area contributed by atoms with Crippen LogP contribution in [-0.2, 0) is 13.0 Å². The third-order valence-electron chi connectivity index (χ3n) is 10.0. The van der Waals surface area contributed by atoms with Crippen molar-refractivity contribution in [2.24, 2.45) is 5.92 Å². The van der Waals surface area contributed by atoms with Crippen molar-refractivity contribution < 1.29 is 23.4 Å². The Kier molecular flexibility index (Phi) is 7.28. The molecule has 7 rings (SSSR count). The quantitative estimate of drug-likeness (QED) is 0.389. The Balaban J connectivity index is 1.27. The number of phenolic OH excluding ortho intramolecular Hbond substituents is 1. The minimum atomic E-state index is -0.883. The molecule has 4 aliphatic heterocycles. The molecule has 230 valence electrons. The number of carbonyl (C=O) groups is 1. The second-order valence-corrected chi connectivity index (χ2v) is 12.6. The van der Waals surface area contributed by atoms with Crippen molar-refractivity contribution in [2.45, 2.75) is 70.1 Å². The molecule has 11 heteroatoms. The highest BCUT2D eigenvalue weighted by Gasteiger charge is 2.49. The number of aryl methyl sites for hydroxylation is 1. The van der Waals surface area contributed by atoms with Gasteiger partial charge in [-0.15, -0.1) is 0 Å². The number of nitriles is 1. The smallest absolute Gasteiger partial charge is 0.318 e. The van der Waals surface area contributed by atoms with E-state index in [1.807, 2.05) is 6.92 Å². The van der Waals surface area contributed by atoms with Crippen LogP contribution in [0.2, 0.25) is 0 Å². The predicted molar refractivity (Wildman–Crippen MR) is 161 cm³/mol. The summed E-state index contributed by atoms with van der Waals surface area (Å²) < 4.78 is 35.6. The number of anilines is 2. The van der Waals surface area contributed by atoms with Crippen molar-refractivity contribution in [1.29, 1.82) is 5.26 Å². The van der Waals surface area contributed by atoms with Crippen molar-refractivity contribution in [3.63, 3.8) is 0 Å². The highest BCUT2D eigenvalue weighted by atomic mass is 19.1. The minimum Gasteiger partial charge on any atom is -0.508 e. The number of aromatic hydroxyl groups is 1. The topological polar surface area (TPSA) is 106 Å². The maximum absolute atomic E-state index is 15.0. The molecule has 4 aliphatic rings.